The fraction of sp³-hybridized carbons (Fsp3) is 0.727. The number of nitrogens with zero attached hydrogens (tertiary/aromatic N) is 2. The van der Waals surface area contributed by atoms with Crippen LogP contribution in [0.5, 0.6) is 0 Å². The Labute approximate surface area is 86.5 Å². The molecule has 0 bridgehead atoms. The van der Waals surface area contributed by atoms with Gasteiger partial charge in [-0.05, 0) is 13.0 Å². The number of aryl methyl sites for hydroxylation is 1. The van der Waals surface area contributed by atoms with Crippen molar-refractivity contribution >= 4 is 0 Å². The standard InChI is InChI=1S/C11H21N3/c1-3-5-6-7-14-10-13-9-11(14)8-12-4-2/h9-10,12H,3-8H2,1-2H3. The van der Waals surface area contributed by atoms with E-state index in [1.165, 1.54) is 25.0 Å². The van der Waals surface area contributed by atoms with Crippen molar-refractivity contribution in [3.05, 3.63) is 18.2 Å². The first-order valence-electron chi connectivity index (χ1n) is 5.58. The van der Waals surface area contributed by atoms with Gasteiger partial charge in [0.2, 0.25) is 0 Å². The molecule has 14 heavy (non-hydrogen) atoms. The Balaban J connectivity index is 2.37. The lowest BCUT2D eigenvalue weighted by atomic mass is 10.2. The highest BCUT2D eigenvalue weighted by molar-refractivity contribution is 4.97. The van der Waals surface area contributed by atoms with Gasteiger partial charge in [-0.25, -0.2) is 4.98 Å². The molecule has 0 aromatic carbocycles. The van der Waals surface area contributed by atoms with Crippen molar-refractivity contribution in [2.45, 2.75) is 46.2 Å². The van der Waals surface area contributed by atoms with Gasteiger partial charge in [0.1, 0.15) is 0 Å². The van der Waals surface area contributed by atoms with E-state index in [0.717, 1.165) is 19.6 Å². The van der Waals surface area contributed by atoms with Gasteiger partial charge in [-0.3, -0.25) is 0 Å². The minimum Gasteiger partial charge on any atom is -0.333 e. The van der Waals surface area contributed by atoms with Crippen molar-refractivity contribution in [1.82, 2.24) is 14.9 Å². The lowest BCUT2D eigenvalue weighted by Crippen LogP contribution is -2.15. The summed E-state index contributed by atoms with van der Waals surface area (Å²) in [6.07, 6.45) is 7.72. The predicted molar refractivity (Wildman–Crippen MR) is 59.1 cm³/mol. The second kappa shape index (κ2) is 6.60. The van der Waals surface area contributed by atoms with E-state index in [9.17, 15) is 0 Å². The molecule has 1 aromatic heterocycles. The zero-order chi connectivity index (χ0) is 10.2. The van der Waals surface area contributed by atoms with E-state index in [1.807, 2.05) is 12.5 Å². The van der Waals surface area contributed by atoms with E-state index >= 15 is 0 Å². The molecule has 0 atom stereocenters. The topological polar surface area (TPSA) is 29.9 Å². The Morgan fingerprint density at radius 2 is 2.21 bits per heavy atom. The fourth-order valence-corrected chi connectivity index (χ4v) is 1.48. The second-order valence-electron chi connectivity index (χ2n) is 3.57. The number of hydrogen-bond donors (Lipinski definition) is 1. The number of hydrogen-bond acceptors (Lipinski definition) is 2. The summed E-state index contributed by atoms with van der Waals surface area (Å²) in [7, 11) is 0. The minimum atomic E-state index is 0.933. The molecule has 0 spiro atoms. The number of rotatable bonds is 7. The van der Waals surface area contributed by atoms with Gasteiger partial charge >= 0.3 is 0 Å². The molecular formula is C11H21N3. The molecule has 1 heterocycles. The van der Waals surface area contributed by atoms with Gasteiger partial charge in [-0.15, -0.1) is 0 Å². The molecule has 0 fully saturated rings. The summed E-state index contributed by atoms with van der Waals surface area (Å²) >= 11 is 0. The molecule has 1 rings (SSSR count). The van der Waals surface area contributed by atoms with Gasteiger partial charge in [-0.2, -0.15) is 0 Å². The van der Waals surface area contributed by atoms with Gasteiger partial charge in [0.15, 0.2) is 0 Å². The molecule has 0 aliphatic carbocycles. The predicted octanol–water partition coefficient (Wildman–Crippen LogP) is 2.18. The van der Waals surface area contributed by atoms with Crippen molar-refractivity contribution in [3.8, 4) is 0 Å². The smallest absolute Gasteiger partial charge is 0.0948 e. The summed E-state index contributed by atoms with van der Waals surface area (Å²) in [4.78, 5) is 4.18. The number of aromatic nitrogens is 2. The second-order valence-corrected chi connectivity index (χ2v) is 3.57. The maximum absolute atomic E-state index is 4.18. The van der Waals surface area contributed by atoms with E-state index in [-0.39, 0.29) is 0 Å². The summed E-state index contributed by atoms with van der Waals surface area (Å²) in [5, 5.41) is 3.32. The third-order valence-corrected chi connectivity index (χ3v) is 2.36. The van der Waals surface area contributed by atoms with Crippen LogP contribution in [0.15, 0.2) is 12.5 Å². The highest BCUT2D eigenvalue weighted by atomic mass is 15.1. The summed E-state index contributed by atoms with van der Waals surface area (Å²) in [5.74, 6) is 0. The van der Waals surface area contributed by atoms with Gasteiger partial charge in [0.05, 0.1) is 12.0 Å². The summed E-state index contributed by atoms with van der Waals surface area (Å²) in [5.41, 5.74) is 1.29. The van der Waals surface area contributed by atoms with Gasteiger partial charge in [0.25, 0.3) is 0 Å². The van der Waals surface area contributed by atoms with Crippen LogP contribution in [0.25, 0.3) is 0 Å². The molecule has 0 radical (unpaired) electrons. The maximum atomic E-state index is 4.18. The molecule has 0 saturated carbocycles. The maximum Gasteiger partial charge on any atom is 0.0948 e. The van der Waals surface area contributed by atoms with Crippen LogP contribution in [0.4, 0.5) is 0 Å². The number of nitrogens with one attached hydrogen (secondary N) is 1. The van der Waals surface area contributed by atoms with Gasteiger partial charge in [-0.1, -0.05) is 26.7 Å². The summed E-state index contributed by atoms with van der Waals surface area (Å²) in [6.45, 7) is 7.41. The first kappa shape index (κ1) is 11.2. The van der Waals surface area contributed by atoms with Crippen LogP contribution in [0, 0.1) is 0 Å². The lowest BCUT2D eigenvalue weighted by molar-refractivity contribution is 0.569. The van der Waals surface area contributed by atoms with E-state index in [1.54, 1.807) is 0 Å². The molecule has 1 N–H and O–H groups in total. The van der Waals surface area contributed by atoms with Crippen LogP contribution in [-0.2, 0) is 13.1 Å². The van der Waals surface area contributed by atoms with E-state index in [4.69, 9.17) is 0 Å². The first-order valence-corrected chi connectivity index (χ1v) is 5.58. The van der Waals surface area contributed by atoms with E-state index < -0.39 is 0 Å². The fourth-order valence-electron chi connectivity index (χ4n) is 1.48. The molecule has 3 heteroatoms. The Kier molecular flexibility index (Phi) is 5.30. The number of imidazole rings is 1. The zero-order valence-electron chi connectivity index (χ0n) is 9.29. The van der Waals surface area contributed by atoms with Crippen LogP contribution < -0.4 is 5.32 Å². The van der Waals surface area contributed by atoms with Crippen LogP contribution >= 0.6 is 0 Å². The molecule has 0 aliphatic heterocycles. The zero-order valence-corrected chi connectivity index (χ0v) is 9.29. The molecule has 0 aliphatic rings. The van der Waals surface area contributed by atoms with Crippen LogP contribution in [-0.4, -0.2) is 16.1 Å². The molecule has 80 valence electrons. The molecule has 0 saturated heterocycles. The van der Waals surface area contributed by atoms with Crippen LogP contribution in [0.2, 0.25) is 0 Å². The third-order valence-electron chi connectivity index (χ3n) is 2.36. The van der Waals surface area contributed by atoms with E-state index in [0.29, 0.717) is 0 Å². The highest BCUT2D eigenvalue weighted by Crippen LogP contribution is 2.03. The monoisotopic (exact) mass is 195 g/mol. The molecule has 3 nitrogen and oxygen atoms in total. The highest BCUT2D eigenvalue weighted by Gasteiger charge is 1.99. The van der Waals surface area contributed by atoms with E-state index in [2.05, 4.69) is 28.7 Å². The molecule has 1 aromatic rings. The van der Waals surface area contributed by atoms with Gasteiger partial charge in [0, 0.05) is 19.3 Å². The SMILES string of the molecule is CCCCCn1cncc1CNCC. The van der Waals surface area contributed by atoms with Crippen molar-refractivity contribution in [2.75, 3.05) is 6.54 Å². The van der Waals surface area contributed by atoms with Crippen molar-refractivity contribution in [1.29, 1.82) is 0 Å². The third kappa shape index (κ3) is 3.50. The average Bonchev–Trinajstić information content (AvgIpc) is 2.63. The summed E-state index contributed by atoms with van der Waals surface area (Å²) < 4.78 is 2.25. The van der Waals surface area contributed by atoms with Crippen molar-refractivity contribution in [3.63, 3.8) is 0 Å². The molecular weight excluding hydrogens is 174 g/mol. The quantitative estimate of drug-likeness (QED) is 0.676. The largest absolute Gasteiger partial charge is 0.333 e. The van der Waals surface area contributed by atoms with Crippen LogP contribution in [0.3, 0.4) is 0 Å². The number of unbranched alkanes of at least 4 members (excludes halogenated alkanes) is 2. The Morgan fingerprint density at radius 3 is 2.93 bits per heavy atom. The minimum absolute atomic E-state index is 0.933. The molecule has 0 amide bonds. The normalized spacial score (nSPS) is 10.7. The lowest BCUT2D eigenvalue weighted by Gasteiger charge is -2.07. The average molecular weight is 195 g/mol. The van der Waals surface area contributed by atoms with Crippen LogP contribution in [0.1, 0.15) is 38.8 Å². The Morgan fingerprint density at radius 1 is 1.36 bits per heavy atom. The molecule has 0 unspecified atom stereocenters. The first-order chi connectivity index (χ1) is 6.88. The van der Waals surface area contributed by atoms with Crippen molar-refractivity contribution in [2.24, 2.45) is 0 Å². The van der Waals surface area contributed by atoms with Gasteiger partial charge < -0.3 is 9.88 Å². The van der Waals surface area contributed by atoms with Crippen molar-refractivity contribution < 1.29 is 0 Å². The Hall–Kier alpha value is -0.830. The Bertz CT molecular complexity index is 242. The summed E-state index contributed by atoms with van der Waals surface area (Å²) in [6, 6.07) is 0.